The van der Waals surface area contributed by atoms with Crippen molar-refractivity contribution < 1.29 is 15.0 Å². The van der Waals surface area contributed by atoms with E-state index in [1.807, 2.05) is 18.2 Å². The number of carboxylic acid groups (broad SMARTS) is 1. The number of aliphatic carboxylic acids is 1. The molecule has 0 amide bonds. The van der Waals surface area contributed by atoms with Gasteiger partial charge < -0.3 is 10.2 Å². The van der Waals surface area contributed by atoms with Gasteiger partial charge in [-0.25, -0.2) is 4.79 Å². The van der Waals surface area contributed by atoms with Crippen LogP contribution in [0, 0.1) is 5.92 Å². The minimum absolute atomic E-state index is 0.446. The highest BCUT2D eigenvalue weighted by Gasteiger charge is 1.99. The number of rotatable bonds is 7. The lowest BCUT2D eigenvalue weighted by Gasteiger charge is -2.05. The molecule has 0 radical (unpaired) electrons. The van der Waals surface area contributed by atoms with Gasteiger partial charge in [0, 0.05) is 6.08 Å². The maximum absolute atomic E-state index is 9.56. The zero-order chi connectivity index (χ0) is 15.4. The Hall–Kier alpha value is -1.77. The zero-order valence-electron chi connectivity index (χ0n) is 12.5. The molecule has 3 nitrogen and oxygen atoms in total. The number of unbranched alkanes of at least 4 members (excludes halogenated alkanes) is 2. The highest BCUT2D eigenvalue weighted by atomic mass is 16.4. The summed E-state index contributed by atoms with van der Waals surface area (Å²) in [6.45, 7) is 7.49. The molecule has 20 heavy (non-hydrogen) atoms. The molecular weight excluding hydrogens is 252 g/mol. The standard InChI is InChI=1S/C14H22O.C3H4O2/c1-12(2)8-4-3-5-9-13-10-6-7-11-14(13)15;1-2-3(4)5/h6-7,10-12,15H,3-5,8-9H2,1-2H3;2H,1H2,(H,4,5). The van der Waals surface area contributed by atoms with Gasteiger partial charge in [-0.3, -0.25) is 0 Å². The van der Waals surface area contributed by atoms with E-state index in [9.17, 15) is 9.90 Å². The van der Waals surface area contributed by atoms with Gasteiger partial charge in [0.25, 0.3) is 0 Å². The van der Waals surface area contributed by atoms with Crippen LogP contribution in [0.5, 0.6) is 5.75 Å². The van der Waals surface area contributed by atoms with Crippen LogP contribution in [0.2, 0.25) is 0 Å². The lowest BCUT2D eigenvalue weighted by atomic mass is 10.0. The van der Waals surface area contributed by atoms with E-state index in [2.05, 4.69) is 20.4 Å². The molecule has 1 aromatic rings. The van der Waals surface area contributed by atoms with Gasteiger partial charge in [0.1, 0.15) is 5.75 Å². The van der Waals surface area contributed by atoms with Crippen LogP contribution in [-0.2, 0) is 11.2 Å². The Balaban J connectivity index is 0.000000621. The predicted octanol–water partition coefficient (Wildman–Crippen LogP) is 4.41. The SMILES string of the molecule is C=CC(=O)O.CC(C)CCCCCc1ccccc1O. The summed E-state index contributed by atoms with van der Waals surface area (Å²) in [5, 5.41) is 17.2. The molecule has 0 aliphatic carbocycles. The number of benzene rings is 1. The molecule has 112 valence electrons. The highest BCUT2D eigenvalue weighted by Crippen LogP contribution is 2.18. The monoisotopic (exact) mass is 278 g/mol. The van der Waals surface area contributed by atoms with Gasteiger partial charge in [0.15, 0.2) is 0 Å². The summed E-state index contributed by atoms with van der Waals surface area (Å²) in [6.07, 6.45) is 6.92. The molecule has 0 saturated heterocycles. The van der Waals surface area contributed by atoms with Gasteiger partial charge >= 0.3 is 5.97 Å². The van der Waals surface area contributed by atoms with Gasteiger partial charge in [-0.15, -0.1) is 0 Å². The smallest absolute Gasteiger partial charge is 0.327 e. The first-order chi connectivity index (χ1) is 9.47. The van der Waals surface area contributed by atoms with E-state index in [0.717, 1.165) is 24.0 Å². The molecule has 1 rings (SSSR count). The molecular formula is C17H26O3. The Kier molecular flexibility index (Phi) is 10.1. The Morgan fingerprint density at radius 2 is 1.85 bits per heavy atom. The average molecular weight is 278 g/mol. The Morgan fingerprint density at radius 3 is 2.35 bits per heavy atom. The summed E-state index contributed by atoms with van der Waals surface area (Å²) < 4.78 is 0. The van der Waals surface area contributed by atoms with Gasteiger partial charge in [-0.2, -0.15) is 0 Å². The topological polar surface area (TPSA) is 57.5 Å². The second-order valence-corrected chi connectivity index (χ2v) is 5.16. The van der Waals surface area contributed by atoms with E-state index in [1.54, 1.807) is 6.07 Å². The van der Waals surface area contributed by atoms with Crippen molar-refractivity contribution in [2.24, 2.45) is 5.92 Å². The summed E-state index contributed by atoms with van der Waals surface area (Å²) in [6, 6.07) is 7.64. The van der Waals surface area contributed by atoms with Crippen molar-refractivity contribution in [3.05, 3.63) is 42.5 Å². The van der Waals surface area contributed by atoms with E-state index >= 15 is 0 Å². The van der Waals surface area contributed by atoms with Crippen LogP contribution in [0.3, 0.4) is 0 Å². The molecule has 0 saturated carbocycles. The summed E-state index contributed by atoms with van der Waals surface area (Å²) in [5.41, 5.74) is 1.09. The number of hydrogen-bond donors (Lipinski definition) is 2. The predicted molar refractivity (Wildman–Crippen MR) is 82.9 cm³/mol. The molecule has 0 aromatic heterocycles. The first-order valence-corrected chi connectivity index (χ1v) is 7.09. The van der Waals surface area contributed by atoms with Crippen molar-refractivity contribution in [3.63, 3.8) is 0 Å². The maximum atomic E-state index is 9.56. The summed E-state index contributed by atoms with van der Waals surface area (Å²) in [7, 11) is 0. The molecule has 0 fully saturated rings. The van der Waals surface area contributed by atoms with Crippen molar-refractivity contribution in [2.75, 3.05) is 0 Å². The molecule has 1 aromatic carbocycles. The van der Waals surface area contributed by atoms with Crippen molar-refractivity contribution in [1.29, 1.82) is 0 Å². The molecule has 0 spiro atoms. The Labute approximate surface area is 122 Å². The van der Waals surface area contributed by atoms with Gasteiger partial charge in [0.2, 0.25) is 0 Å². The molecule has 0 bridgehead atoms. The minimum Gasteiger partial charge on any atom is -0.508 e. The molecule has 3 heteroatoms. The van der Waals surface area contributed by atoms with Crippen LogP contribution < -0.4 is 0 Å². The number of aryl methyl sites for hydroxylation is 1. The number of carbonyl (C=O) groups is 1. The number of para-hydroxylation sites is 1. The normalized spacial score (nSPS) is 9.75. The molecule has 0 heterocycles. The Morgan fingerprint density at radius 1 is 1.25 bits per heavy atom. The molecule has 2 N–H and O–H groups in total. The summed E-state index contributed by atoms with van der Waals surface area (Å²) in [4.78, 5) is 9.25. The Bertz CT molecular complexity index is 397. The fourth-order valence-corrected chi connectivity index (χ4v) is 1.77. The average Bonchev–Trinajstić information content (AvgIpc) is 2.40. The largest absolute Gasteiger partial charge is 0.508 e. The van der Waals surface area contributed by atoms with E-state index < -0.39 is 5.97 Å². The third-order valence-electron chi connectivity index (χ3n) is 2.89. The fraction of sp³-hybridized carbons (Fsp3) is 0.471. The van der Waals surface area contributed by atoms with Gasteiger partial charge in [-0.1, -0.05) is 57.9 Å². The maximum Gasteiger partial charge on any atom is 0.327 e. The van der Waals surface area contributed by atoms with Crippen LogP contribution in [0.15, 0.2) is 36.9 Å². The van der Waals surface area contributed by atoms with Crippen molar-refractivity contribution in [3.8, 4) is 5.75 Å². The van der Waals surface area contributed by atoms with Crippen LogP contribution in [0.4, 0.5) is 0 Å². The van der Waals surface area contributed by atoms with Crippen LogP contribution in [-0.4, -0.2) is 16.2 Å². The highest BCUT2D eigenvalue weighted by molar-refractivity contribution is 5.78. The number of phenolic OH excluding ortho intramolecular Hbond substituents is 1. The van der Waals surface area contributed by atoms with Crippen LogP contribution >= 0.6 is 0 Å². The minimum atomic E-state index is -0.981. The van der Waals surface area contributed by atoms with Crippen LogP contribution in [0.25, 0.3) is 0 Å². The first-order valence-electron chi connectivity index (χ1n) is 7.09. The van der Waals surface area contributed by atoms with E-state index in [-0.39, 0.29) is 0 Å². The lowest BCUT2D eigenvalue weighted by molar-refractivity contribution is -0.131. The first kappa shape index (κ1) is 18.2. The zero-order valence-corrected chi connectivity index (χ0v) is 12.5. The van der Waals surface area contributed by atoms with Crippen LogP contribution in [0.1, 0.15) is 45.1 Å². The number of hydrogen-bond acceptors (Lipinski definition) is 2. The van der Waals surface area contributed by atoms with Crippen molar-refractivity contribution in [2.45, 2.75) is 46.0 Å². The third kappa shape index (κ3) is 10.2. The van der Waals surface area contributed by atoms with E-state index in [4.69, 9.17) is 5.11 Å². The molecule has 0 aliphatic heterocycles. The van der Waals surface area contributed by atoms with Crippen molar-refractivity contribution >= 4 is 5.97 Å². The van der Waals surface area contributed by atoms with Gasteiger partial charge in [-0.05, 0) is 30.4 Å². The molecule has 0 atom stereocenters. The summed E-state index contributed by atoms with van der Waals surface area (Å²) in [5.74, 6) is 0.279. The second kappa shape index (κ2) is 11.1. The number of carboxylic acids is 1. The lowest BCUT2D eigenvalue weighted by Crippen LogP contribution is -1.89. The van der Waals surface area contributed by atoms with E-state index in [0.29, 0.717) is 5.75 Å². The van der Waals surface area contributed by atoms with Crippen molar-refractivity contribution in [1.82, 2.24) is 0 Å². The van der Waals surface area contributed by atoms with E-state index in [1.165, 1.54) is 25.7 Å². The molecule has 0 aliphatic rings. The number of phenols is 1. The molecule has 0 unspecified atom stereocenters. The van der Waals surface area contributed by atoms with Gasteiger partial charge in [0.05, 0.1) is 0 Å². The number of aromatic hydroxyl groups is 1. The summed E-state index contributed by atoms with van der Waals surface area (Å²) >= 11 is 0. The third-order valence-corrected chi connectivity index (χ3v) is 2.89. The quantitative estimate of drug-likeness (QED) is 0.574. The fourth-order valence-electron chi connectivity index (χ4n) is 1.77. The second-order valence-electron chi connectivity index (χ2n) is 5.16.